The molecule has 0 aromatic heterocycles. The number of rotatable bonds is 2. The maximum Gasteiger partial charge on any atom is 0.123 e. The van der Waals surface area contributed by atoms with Gasteiger partial charge in [0.2, 0.25) is 0 Å². The molecule has 2 heteroatoms. The van der Waals surface area contributed by atoms with Crippen LogP contribution in [0, 0.1) is 5.82 Å². The standard InChI is InChI=1S/C11H15FO/c1-4-8-5-6-9(12)7-10(8)11(2,3)13/h5-7,13H,4H2,1-3H3. The van der Waals surface area contributed by atoms with Crippen LogP contribution in [0.25, 0.3) is 0 Å². The maximum atomic E-state index is 12.9. The number of hydrogen-bond acceptors (Lipinski definition) is 1. The van der Waals surface area contributed by atoms with Crippen molar-refractivity contribution in [2.75, 3.05) is 0 Å². The average Bonchev–Trinajstić information content (AvgIpc) is 2.03. The van der Waals surface area contributed by atoms with E-state index < -0.39 is 5.60 Å². The number of hydrogen-bond donors (Lipinski definition) is 1. The fourth-order valence-corrected chi connectivity index (χ4v) is 1.43. The molecular weight excluding hydrogens is 167 g/mol. The van der Waals surface area contributed by atoms with Gasteiger partial charge in [0.1, 0.15) is 5.82 Å². The molecule has 0 saturated carbocycles. The SMILES string of the molecule is CCc1ccc(F)cc1C(C)(C)O. The van der Waals surface area contributed by atoms with E-state index in [-0.39, 0.29) is 5.82 Å². The molecule has 1 aromatic carbocycles. The van der Waals surface area contributed by atoms with E-state index in [0.717, 1.165) is 12.0 Å². The van der Waals surface area contributed by atoms with E-state index in [9.17, 15) is 9.50 Å². The summed E-state index contributed by atoms with van der Waals surface area (Å²) in [6.07, 6.45) is 0.805. The summed E-state index contributed by atoms with van der Waals surface area (Å²) in [5.41, 5.74) is 0.705. The molecule has 0 atom stereocenters. The van der Waals surface area contributed by atoms with E-state index in [4.69, 9.17) is 0 Å². The molecule has 1 rings (SSSR count). The van der Waals surface area contributed by atoms with Crippen LogP contribution in [0.5, 0.6) is 0 Å². The quantitative estimate of drug-likeness (QED) is 0.745. The summed E-state index contributed by atoms with van der Waals surface area (Å²) in [5, 5.41) is 9.76. The molecule has 0 spiro atoms. The van der Waals surface area contributed by atoms with Crippen LogP contribution in [0.3, 0.4) is 0 Å². The lowest BCUT2D eigenvalue weighted by atomic mass is 9.92. The number of aliphatic hydroxyl groups is 1. The van der Waals surface area contributed by atoms with Gasteiger partial charge >= 0.3 is 0 Å². The van der Waals surface area contributed by atoms with Crippen LogP contribution < -0.4 is 0 Å². The molecule has 0 radical (unpaired) electrons. The van der Waals surface area contributed by atoms with Crippen molar-refractivity contribution < 1.29 is 9.50 Å². The number of halogens is 1. The summed E-state index contributed by atoms with van der Waals surface area (Å²) < 4.78 is 12.9. The van der Waals surface area contributed by atoms with Gasteiger partial charge in [-0.3, -0.25) is 0 Å². The molecule has 1 nitrogen and oxygen atoms in total. The molecule has 0 saturated heterocycles. The molecule has 72 valence electrons. The van der Waals surface area contributed by atoms with Crippen LogP contribution in [0.1, 0.15) is 31.9 Å². The first kappa shape index (κ1) is 10.2. The van der Waals surface area contributed by atoms with E-state index in [1.807, 2.05) is 6.92 Å². The van der Waals surface area contributed by atoms with Gasteiger partial charge in [0.25, 0.3) is 0 Å². The smallest absolute Gasteiger partial charge is 0.123 e. The summed E-state index contributed by atoms with van der Waals surface area (Å²) in [4.78, 5) is 0. The van der Waals surface area contributed by atoms with Crippen LogP contribution in [0.15, 0.2) is 18.2 Å². The van der Waals surface area contributed by atoms with Crippen LogP contribution in [0.2, 0.25) is 0 Å². The Hall–Kier alpha value is -0.890. The second kappa shape index (κ2) is 3.46. The summed E-state index contributed by atoms with van der Waals surface area (Å²) >= 11 is 0. The third kappa shape index (κ3) is 2.28. The monoisotopic (exact) mass is 182 g/mol. The first-order chi connectivity index (χ1) is 5.95. The molecule has 13 heavy (non-hydrogen) atoms. The third-order valence-electron chi connectivity index (χ3n) is 2.11. The van der Waals surface area contributed by atoms with E-state index in [2.05, 4.69) is 0 Å². The van der Waals surface area contributed by atoms with Crippen molar-refractivity contribution in [2.24, 2.45) is 0 Å². The predicted octanol–water partition coefficient (Wildman–Crippen LogP) is 2.62. The Balaban J connectivity index is 3.24. The molecule has 0 fully saturated rings. The Morgan fingerprint density at radius 3 is 2.46 bits per heavy atom. The van der Waals surface area contributed by atoms with Crippen molar-refractivity contribution in [3.8, 4) is 0 Å². The minimum Gasteiger partial charge on any atom is -0.386 e. The van der Waals surface area contributed by atoms with Gasteiger partial charge in [0.05, 0.1) is 5.60 Å². The highest BCUT2D eigenvalue weighted by Gasteiger charge is 2.19. The van der Waals surface area contributed by atoms with Gasteiger partial charge in [-0.15, -0.1) is 0 Å². The van der Waals surface area contributed by atoms with Crippen molar-refractivity contribution >= 4 is 0 Å². The first-order valence-corrected chi connectivity index (χ1v) is 4.46. The van der Waals surface area contributed by atoms with Gasteiger partial charge in [0.15, 0.2) is 0 Å². The van der Waals surface area contributed by atoms with Crippen LogP contribution in [-0.2, 0) is 12.0 Å². The fraction of sp³-hybridized carbons (Fsp3) is 0.455. The molecule has 0 aliphatic rings. The lowest BCUT2D eigenvalue weighted by molar-refractivity contribution is 0.0773. The topological polar surface area (TPSA) is 20.2 Å². The highest BCUT2D eigenvalue weighted by molar-refractivity contribution is 5.32. The molecule has 1 aromatic rings. The molecule has 1 N–H and O–H groups in total. The van der Waals surface area contributed by atoms with Crippen LogP contribution in [0.4, 0.5) is 4.39 Å². The van der Waals surface area contributed by atoms with E-state index in [1.54, 1.807) is 19.9 Å². The highest BCUT2D eigenvalue weighted by atomic mass is 19.1. The largest absolute Gasteiger partial charge is 0.386 e. The Morgan fingerprint density at radius 1 is 1.38 bits per heavy atom. The lowest BCUT2D eigenvalue weighted by Crippen LogP contribution is -2.18. The molecule has 0 amide bonds. The Kier molecular flexibility index (Phi) is 2.71. The van der Waals surface area contributed by atoms with Crippen molar-refractivity contribution in [2.45, 2.75) is 32.8 Å². The Labute approximate surface area is 78.2 Å². The van der Waals surface area contributed by atoms with Gasteiger partial charge < -0.3 is 5.11 Å². The highest BCUT2D eigenvalue weighted by Crippen LogP contribution is 2.24. The zero-order valence-electron chi connectivity index (χ0n) is 8.26. The van der Waals surface area contributed by atoms with Crippen molar-refractivity contribution in [1.29, 1.82) is 0 Å². The second-order valence-corrected chi connectivity index (χ2v) is 3.71. The molecule has 0 aliphatic carbocycles. The molecule has 0 unspecified atom stereocenters. The predicted molar refractivity (Wildman–Crippen MR) is 51.0 cm³/mol. The average molecular weight is 182 g/mol. The lowest BCUT2D eigenvalue weighted by Gasteiger charge is -2.21. The van der Waals surface area contributed by atoms with Crippen molar-refractivity contribution in [3.05, 3.63) is 35.1 Å². The van der Waals surface area contributed by atoms with E-state index in [1.165, 1.54) is 12.1 Å². The second-order valence-electron chi connectivity index (χ2n) is 3.71. The minimum atomic E-state index is -0.965. The number of benzene rings is 1. The molecule has 0 bridgehead atoms. The number of aryl methyl sites for hydroxylation is 1. The minimum absolute atomic E-state index is 0.297. The van der Waals surface area contributed by atoms with Gasteiger partial charge in [-0.2, -0.15) is 0 Å². The first-order valence-electron chi connectivity index (χ1n) is 4.46. The fourth-order valence-electron chi connectivity index (χ4n) is 1.43. The zero-order valence-corrected chi connectivity index (χ0v) is 8.26. The maximum absolute atomic E-state index is 12.9. The normalized spacial score (nSPS) is 11.8. The molecular formula is C11H15FO. The van der Waals surface area contributed by atoms with Gasteiger partial charge in [0, 0.05) is 0 Å². The van der Waals surface area contributed by atoms with Crippen LogP contribution >= 0.6 is 0 Å². The molecule has 0 aliphatic heterocycles. The third-order valence-corrected chi connectivity index (χ3v) is 2.11. The van der Waals surface area contributed by atoms with Crippen molar-refractivity contribution in [3.63, 3.8) is 0 Å². The summed E-state index contributed by atoms with van der Waals surface area (Å²) in [5.74, 6) is -0.297. The summed E-state index contributed by atoms with van der Waals surface area (Å²) in [6.45, 7) is 5.32. The molecule has 0 heterocycles. The van der Waals surface area contributed by atoms with E-state index in [0.29, 0.717) is 5.56 Å². The Bertz CT molecular complexity index is 299. The van der Waals surface area contributed by atoms with Gasteiger partial charge in [-0.25, -0.2) is 4.39 Å². The summed E-state index contributed by atoms with van der Waals surface area (Å²) in [7, 11) is 0. The zero-order chi connectivity index (χ0) is 10.1. The van der Waals surface area contributed by atoms with Gasteiger partial charge in [-0.1, -0.05) is 13.0 Å². The Morgan fingerprint density at radius 2 is 2.00 bits per heavy atom. The van der Waals surface area contributed by atoms with Crippen molar-refractivity contribution in [1.82, 2.24) is 0 Å². The van der Waals surface area contributed by atoms with Gasteiger partial charge in [-0.05, 0) is 43.5 Å². The van der Waals surface area contributed by atoms with Crippen LogP contribution in [-0.4, -0.2) is 5.11 Å². The summed E-state index contributed by atoms with van der Waals surface area (Å²) in [6, 6.07) is 4.55. The van der Waals surface area contributed by atoms with E-state index >= 15 is 0 Å².